The van der Waals surface area contributed by atoms with Gasteiger partial charge in [-0.1, -0.05) is 19.1 Å². The minimum absolute atomic E-state index is 0.268. The first kappa shape index (κ1) is 11.2. The molecular formula is C12H10BrFN2. The first-order valence-corrected chi connectivity index (χ1v) is 5.78. The maximum Gasteiger partial charge on any atom is 0.132 e. The van der Waals surface area contributed by atoms with Crippen molar-refractivity contribution in [3.63, 3.8) is 0 Å². The van der Waals surface area contributed by atoms with Crippen LogP contribution in [0.3, 0.4) is 0 Å². The van der Waals surface area contributed by atoms with Gasteiger partial charge in [0.25, 0.3) is 0 Å². The molecule has 4 heteroatoms. The normalized spacial score (nSPS) is 10.4. The Morgan fingerprint density at radius 1 is 1.25 bits per heavy atom. The van der Waals surface area contributed by atoms with Gasteiger partial charge in [-0.15, -0.1) is 0 Å². The van der Waals surface area contributed by atoms with Crippen LogP contribution in [0.4, 0.5) is 4.39 Å². The predicted molar refractivity (Wildman–Crippen MR) is 64.5 cm³/mol. The number of hydrogen-bond acceptors (Lipinski definition) is 2. The summed E-state index contributed by atoms with van der Waals surface area (Å²) in [6, 6.07) is 8.31. The first-order valence-electron chi connectivity index (χ1n) is 4.99. The summed E-state index contributed by atoms with van der Waals surface area (Å²) < 4.78 is 14.2. The number of aryl methyl sites for hydroxylation is 1. The lowest BCUT2D eigenvalue weighted by molar-refractivity contribution is 0.630. The molecule has 0 saturated heterocycles. The van der Waals surface area contributed by atoms with Crippen LogP contribution >= 0.6 is 15.9 Å². The van der Waals surface area contributed by atoms with Crippen LogP contribution in [0, 0.1) is 5.82 Å². The lowest BCUT2D eigenvalue weighted by Gasteiger charge is -2.04. The maximum atomic E-state index is 13.6. The Hall–Kier alpha value is -1.29. The fourth-order valence-electron chi connectivity index (χ4n) is 1.43. The van der Waals surface area contributed by atoms with Crippen molar-refractivity contribution in [3.05, 3.63) is 46.6 Å². The second-order valence-electron chi connectivity index (χ2n) is 3.33. The third-order valence-corrected chi connectivity index (χ3v) is 2.61. The Bertz CT molecular complexity index is 514. The second-order valence-corrected chi connectivity index (χ2v) is 4.14. The second kappa shape index (κ2) is 4.70. The molecule has 16 heavy (non-hydrogen) atoms. The van der Waals surface area contributed by atoms with E-state index in [2.05, 4.69) is 25.9 Å². The largest absolute Gasteiger partial charge is 0.233 e. The van der Waals surface area contributed by atoms with Gasteiger partial charge in [0.1, 0.15) is 16.2 Å². The molecule has 1 aromatic carbocycles. The molecule has 0 fully saturated rings. The van der Waals surface area contributed by atoms with Crippen LogP contribution in [0.1, 0.15) is 12.7 Å². The molecule has 0 spiro atoms. The third kappa shape index (κ3) is 2.27. The number of nitrogens with zero attached hydrogens (tertiary/aromatic N) is 2. The first-order chi connectivity index (χ1) is 7.70. The molecule has 1 aromatic heterocycles. The zero-order chi connectivity index (χ0) is 11.5. The summed E-state index contributed by atoms with van der Waals surface area (Å²) in [7, 11) is 0. The highest BCUT2D eigenvalue weighted by Gasteiger charge is 2.08. The maximum absolute atomic E-state index is 13.6. The minimum Gasteiger partial charge on any atom is -0.233 e. The van der Waals surface area contributed by atoms with Crippen molar-refractivity contribution in [1.29, 1.82) is 0 Å². The van der Waals surface area contributed by atoms with Gasteiger partial charge < -0.3 is 0 Å². The molecule has 0 amide bonds. The molecule has 0 aliphatic carbocycles. The van der Waals surface area contributed by atoms with Crippen molar-refractivity contribution in [2.45, 2.75) is 13.3 Å². The van der Waals surface area contributed by atoms with E-state index >= 15 is 0 Å². The van der Waals surface area contributed by atoms with Gasteiger partial charge in [0.15, 0.2) is 0 Å². The van der Waals surface area contributed by atoms with Crippen molar-refractivity contribution in [3.8, 4) is 11.3 Å². The van der Waals surface area contributed by atoms with E-state index in [1.165, 1.54) is 6.07 Å². The highest BCUT2D eigenvalue weighted by atomic mass is 79.9. The lowest BCUT2D eigenvalue weighted by atomic mass is 10.1. The van der Waals surface area contributed by atoms with Crippen LogP contribution in [0.25, 0.3) is 11.3 Å². The summed E-state index contributed by atoms with van der Waals surface area (Å²) >= 11 is 3.30. The van der Waals surface area contributed by atoms with E-state index in [1.807, 2.05) is 6.92 Å². The SMILES string of the molecule is CCc1nc(Br)cc(-c2ccccc2F)n1. The summed E-state index contributed by atoms with van der Waals surface area (Å²) in [6.07, 6.45) is 0.723. The average Bonchev–Trinajstić information content (AvgIpc) is 2.28. The quantitative estimate of drug-likeness (QED) is 0.786. The summed E-state index contributed by atoms with van der Waals surface area (Å²) in [5.74, 6) is 0.433. The highest BCUT2D eigenvalue weighted by Crippen LogP contribution is 2.22. The van der Waals surface area contributed by atoms with Crippen molar-refractivity contribution >= 4 is 15.9 Å². The standard InChI is InChI=1S/C12H10BrFN2/c1-2-12-15-10(7-11(13)16-12)8-5-3-4-6-9(8)14/h3-7H,2H2,1H3. The van der Waals surface area contributed by atoms with Crippen LogP contribution in [0.15, 0.2) is 34.9 Å². The minimum atomic E-state index is -0.268. The number of hydrogen-bond donors (Lipinski definition) is 0. The van der Waals surface area contributed by atoms with E-state index < -0.39 is 0 Å². The van der Waals surface area contributed by atoms with E-state index in [-0.39, 0.29) is 5.82 Å². The topological polar surface area (TPSA) is 25.8 Å². The Balaban J connectivity index is 2.56. The predicted octanol–water partition coefficient (Wildman–Crippen LogP) is 3.61. The highest BCUT2D eigenvalue weighted by molar-refractivity contribution is 9.10. The third-order valence-electron chi connectivity index (χ3n) is 2.21. The molecule has 0 N–H and O–H groups in total. The fraction of sp³-hybridized carbons (Fsp3) is 0.167. The monoisotopic (exact) mass is 280 g/mol. The van der Waals surface area contributed by atoms with Gasteiger partial charge in [-0.2, -0.15) is 0 Å². The molecule has 0 bridgehead atoms. The van der Waals surface area contributed by atoms with Crippen molar-refractivity contribution < 1.29 is 4.39 Å². The molecule has 82 valence electrons. The van der Waals surface area contributed by atoms with Gasteiger partial charge in [0, 0.05) is 12.0 Å². The van der Waals surface area contributed by atoms with E-state index in [0.29, 0.717) is 21.7 Å². The Morgan fingerprint density at radius 3 is 2.69 bits per heavy atom. The molecule has 2 rings (SSSR count). The van der Waals surface area contributed by atoms with Gasteiger partial charge >= 0.3 is 0 Å². The van der Waals surface area contributed by atoms with Crippen LogP contribution < -0.4 is 0 Å². The van der Waals surface area contributed by atoms with Crippen molar-refractivity contribution in [2.75, 3.05) is 0 Å². The van der Waals surface area contributed by atoms with Gasteiger partial charge in [-0.05, 0) is 34.1 Å². The zero-order valence-electron chi connectivity index (χ0n) is 8.74. The van der Waals surface area contributed by atoms with Crippen LogP contribution in [0.2, 0.25) is 0 Å². The van der Waals surface area contributed by atoms with Gasteiger partial charge in [0.05, 0.1) is 5.69 Å². The molecule has 0 saturated carbocycles. The Labute approximate surface area is 102 Å². The van der Waals surface area contributed by atoms with Crippen LogP contribution in [0.5, 0.6) is 0 Å². The van der Waals surface area contributed by atoms with E-state index in [4.69, 9.17) is 0 Å². The number of halogens is 2. The van der Waals surface area contributed by atoms with Gasteiger partial charge in [0.2, 0.25) is 0 Å². The molecule has 0 radical (unpaired) electrons. The van der Waals surface area contributed by atoms with E-state index in [9.17, 15) is 4.39 Å². The summed E-state index contributed by atoms with van der Waals surface area (Å²) in [6.45, 7) is 1.97. The Kier molecular flexibility index (Phi) is 3.29. The zero-order valence-corrected chi connectivity index (χ0v) is 10.3. The van der Waals surface area contributed by atoms with Gasteiger partial charge in [-0.25, -0.2) is 14.4 Å². The molecule has 0 atom stereocenters. The molecule has 2 aromatic rings. The summed E-state index contributed by atoms with van der Waals surface area (Å²) in [5, 5.41) is 0. The summed E-state index contributed by atoms with van der Waals surface area (Å²) in [4.78, 5) is 8.49. The smallest absolute Gasteiger partial charge is 0.132 e. The molecule has 2 nitrogen and oxygen atoms in total. The van der Waals surface area contributed by atoms with Crippen molar-refractivity contribution in [1.82, 2.24) is 9.97 Å². The Morgan fingerprint density at radius 2 is 2.00 bits per heavy atom. The lowest BCUT2D eigenvalue weighted by Crippen LogP contribution is -1.96. The molecule has 0 aliphatic rings. The molecular weight excluding hydrogens is 271 g/mol. The van der Waals surface area contributed by atoms with Crippen molar-refractivity contribution in [2.24, 2.45) is 0 Å². The molecule has 1 heterocycles. The summed E-state index contributed by atoms with van der Waals surface area (Å²) in [5.41, 5.74) is 1.11. The van der Waals surface area contributed by atoms with Crippen LogP contribution in [-0.4, -0.2) is 9.97 Å². The fourth-order valence-corrected chi connectivity index (χ4v) is 1.85. The number of aromatic nitrogens is 2. The van der Waals surface area contributed by atoms with Crippen LogP contribution in [-0.2, 0) is 6.42 Å². The van der Waals surface area contributed by atoms with E-state index in [0.717, 1.165) is 6.42 Å². The molecule has 0 unspecified atom stereocenters. The van der Waals surface area contributed by atoms with Gasteiger partial charge in [-0.3, -0.25) is 0 Å². The number of benzene rings is 1. The van der Waals surface area contributed by atoms with E-state index in [1.54, 1.807) is 24.3 Å². The molecule has 0 aliphatic heterocycles. The average molecular weight is 281 g/mol. The number of rotatable bonds is 2.